The first kappa shape index (κ1) is 10.1. The molecule has 0 spiro atoms. The van der Waals surface area contributed by atoms with E-state index in [2.05, 4.69) is 4.98 Å². The van der Waals surface area contributed by atoms with E-state index >= 15 is 0 Å². The summed E-state index contributed by atoms with van der Waals surface area (Å²) in [5.41, 5.74) is 1.47. The predicted octanol–water partition coefficient (Wildman–Crippen LogP) is 1.08. The Morgan fingerprint density at radius 2 is 1.76 bits per heavy atom. The summed E-state index contributed by atoms with van der Waals surface area (Å²) < 4.78 is 0. The van der Waals surface area contributed by atoms with Crippen LogP contribution in [0.2, 0.25) is 0 Å². The van der Waals surface area contributed by atoms with Crippen LogP contribution in [0.25, 0.3) is 10.9 Å². The van der Waals surface area contributed by atoms with E-state index in [1.54, 1.807) is 0 Å². The number of aromatic nitrogens is 1. The van der Waals surface area contributed by atoms with Gasteiger partial charge in [0.15, 0.2) is 0 Å². The molecular weight excluding hydrogens is 218 g/mol. The van der Waals surface area contributed by atoms with Gasteiger partial charge < -0.3 is 10.1 Å². The van der Waals surface area contributed by atoms with Gasteiger partial charge in [0.2, 0.25) is 5.43 Å². The van der Waals surface area contributed by atoms with E-state index in [-0.39, 0.29) is 5.75 Å². The number of aryl methyl sites for hydroxylation is 2. The van der Waals surface area contributed by atoms with Gasteiger partial charge in [-0.2, -0.15) is 0 Å². The molecule has 0 fully saturated rings. The number of benzene rings is 1. The summed E-state index contributed by atoms with van der Waals surface area (Å²) in [4.78, 5) is 25.2. The number of fused-ring (bicyclic) bond motifs is 2. The summed E-state index contributed by atoms with van der Waals surface area (Å²) in [5, 5.41) is 10.3. The first-order valence-corrected chi connectivity index (χ1v) is 5.57. The van der Waals surface area contributed by atoms with Crippen LogP contribution < -0.4 is 11.0 Å². The second-order valence-corrected chi connectivity index (χ2v) is 4.37. The van der Waals surface area contributed by atoms with Crippen molar-refractivity contribution in [2.45, 2.75) is 19.3 Å². The van der Waals surface area contributed by atoms with Crippen molar-refractivity contribution < 1.29 is 5.11 Å². The van der Waals surface area contributed by atoms with Crippen LogP contribution in [-0.4, -0.2) is 10.1 Å². The molecule has 2 aromatic rings. The van der Waals surface area contributed by atoms with E-state index in [0.717, 1.165) is 25.3 Å². The summed E-state index contributed by atoms with van der Waals surface area (Å²) in [6, 6.07) is 4.70. The van der Waals surface area contributed by atoms with E-state index < -0.39 is 11.0 Å². The monoisotopic (exact) mass is 229 g/mol. The normalized spacial score (nSPS) is 13.9. The Bertz CT molecular complexity index is 731. The molecule has 1 aliphatic carbocycles. The Morgan fingerprint density at radius 3 is 2.53 bits per heavy atom. The summed E-state index contributed by atoms with van der Waals surface area (Å²) in [6.07, 6.45) is 3.06. The molecule has 1 aromatic carbocycles. The zero-order valence-electron chi connectivity index (χ0n) is 9.12. The quantitative estimate of drug-likeness (QED) is 0.664. The number of hydrogen-bond donors (Lipinski definition) is 2. The average Bonchev–Trinajstić information content (AvgIpc) is 2.70. The van der Waals surface area contributed by atoms with Gasteiger partial charge in [0.05, 0.1) is 5.52 Å². The van der Waals surface area contributed by atoms with Crippen LogP contribution in [0.1, 0.15) is 17.5 Å². The molecule has 4 nitrogen and oxygen atoms in total. The molecule has 0 bridgehead atoms. The molecule has 0 saturated heterocycles. The van der Waals surface area contributed by atoms with Gasteiger partial charge in [-0.3, -0.25) is 9.59 Å². The third kappa shape index (κ3) is 1.53. The predicted molar refractivity (Wildman–Crippen MR) is 64.5 cm³/mol. The van der Waals surface area contributed by atoms with Gasteiger partial charge in [-0.15, -0.1) is 0 Å². The third-order valence-corrected chi connectivity index (χ3v) is 3.25. The van der Waals surface area contributed by atoms with Gasteiger partial charge in [0.25, 0.3) is 5.56 Å². The van der Waals surface area contributed by atoms with Crippen LogP contribution >= 0.6 is 0 Å². The highest BCUT2D eigenvalue weighted by Crippen LogP contribution is 2.29. The smallest absolute Gasteiger partial charge is 0.296 e. The van der Waals surface area contributed by atoms with Crippen molar-refractivity contribution in [2.24, 2.45) is 0 Å². The van der Waals surface area contributed by atoms with Crippen LogP contribution in [0.3, 0.4) is 0 Å². The molecule has 86 valence electrons. The van der Waals surface area contributed by atoms with Crippen molar-refractivity contribution in [3.05, 3.63) is 49.9 Å². The van der Waals surface area contributed by atoms with Crippen LogP contribution in [0.4, 0.5) is 0 Å². The van der Waals surface area contributed by atoms with Gasteiger partial charge >= 0.3 is 0 Å². The second kappa shape index (κ2) is 3.45. The standard InChI is InChI=1S/C13H11NO3/c15-11-6-12(16)13(17)14-10-5-8-3-1-2-7(8)4-9(10)11/h4-6,15H,1-3H2,(H,14,16,17). The Balaban J connectivity index is 2.51. The number of hydrogen-bond acceptors (Lipinski definition) is 3. The molecule has 0 aliphatic heterocycles. The second-order valence-electron chi connectivity index (χ2n) is 4.37. The molecule has 0 saturated carbocycles. The van der Waals surface area contributed by atoms with Crippen LogP contribution in [0.15, 0.2) is 27.8 Å². The summed E-state index contributed by atoms with van der Waals surface area (Å²) in [5.74, 6) is -0.141. The minimum Gasteiger partial charge on any atom is -0.507 e. The molecule has 2 N–H and O–H groups in total. The Kier molecular flexibility index (Phi) is 2.04. The maximum absolute atomic E-state index is 11.4. The summed E-state index contributed by atoms with van der Waals surface area (Å²) in [6.45, 7) is 0. The largest absolute Gasteiger partial charge is 0.507 e. The lowest BCUT2D eigenvalue weighted by atomic mass is 10.1. The number of nitrogens with one attached hydrogen (secondary N) is 1. The van der Waals surface area contributed by atoms with Gasteiger partial charge in [-0.05, 0) is 42.5 Å². The van der Waals surface area contributed by atoms with Gasteiger partial charge in [-0.1, -0.05) is 0 Å². The topological polar surface area (TPSA) is 70.2 Å². The minimum atomic E-state index is -0.723. The first-order valence-electron chi connectivity index (χ1n) is 5.57. The minimum absolute atomic E-state index is 0.141. The highest BCUT2D eigenvalue weighted by atomic mass is 16.3. The lowest BCUT2D eigenvalue weighted by molar-refractivity contribution is 0.481. The summed E-state index contributed by atoms with van der Waals surface area (Å²) >= 11 is 0. The van der Waals surface area contributed by atoms with Crippen molar-refractivity contribution in [1.29, 1.82) is 0 Å². The fraction of sp³-hybridized carbons (Fsp3) is 0.231. The highest BCUT2D eigenvalue weighted by molar-refractivity contribution is 5.85. The highest BCUT2D eigenvalue weighted by Gasteiger charge is 2.13. The fourth-order valence-corrected chi connectivity index (χ4v) is 2.39. The number of aromatic hydroxyl groups is 1. The van der Waals surface area contributed by atoms with Crippen LogP contribution in [-0.2, 0) is 12.8 Å². The molecule has 0 atom stereocenters. The molecule has 0 radical (unpaired) electrons. The maximum Gasteiger partial charge on any atom is 0.296 e. The molecule has 3 rings (SSSR count). The molecular formula is C13H11NO3. The Morgan fingerprint density at radius 1 is 1.06 bits per heavy atom. The Hall–Kier alpha value is -2.10. The molecule has 4 heteroatoms. The SMILES string of the molecule is O=c1cc(O)c2cc3c(cc2[nH]c1=O)CCC3. The lowest BCUT2D eigenvalue weighted by Gasteiger charge is -2.01. The zero-order chi connectivity index (χ0) is 12.0. The number of rotatable bonds is 0. The lowest BCUT2D eigenvalue weighted by Crippen LogP contribution is -2.22. The molecule has 17 heavy (non-hydrogen) atoms. The van der Waals surface area contributed by atoms with Crippen molar-refractivity contribution in [2.75, 3.05) is 0 Å². The van der Waals surface area contributed by atoms with Crippen molar-refractivity contribution in [3.8, 4) is 5.75 Å². The van der Waals surface area contributed by atoms with Crippen molar-refractivity contribution in [3.63, 3.8) is 0 Å². The third-order valence-electron chi connectivity index (χ3n) is 3.25. The molecule has 1 heterocycles. The zero-order valence-corrected chi connectivity index (χ0v) is 9.12. The van der Waals surface area contributed by atoms with E-state index in [0.29, 0.717) is 10.9 Å². The van der Waals surface area contributed by atoms with E-state index in [9.17, 15) is 14.7 Å². The first-order chi connectivity index (χ1) is 8.15. The van der Waals surface area contributed by atoms with Crippen LogP contribution in [0.5, 0.6) is 5.75 Å². The van der Waals surface area contributed by atoms with E-state index in [1.165, 1.54) is 11.1 Å². The van der Waals surface area contributed by atoms with Gasteiger partial charge in [0.1, 0.15) is 5.75 Å². The number of aromatic amines is 1. The molecule has 0 amide bonds. The fourth-order valence-electron chi connectivity index (χ4n) is 2.39. The van der Waals surface area contributed by atoms with Crippen molar-refractivity contribution in [1.82, 2.24) is 4.98 Å². The number of H-pyrrole nitrogens is 1. The average molecular weight is 229 g/mol. The van der Waals surface area contributed by atoms with E-state index in [1.807, 2.05) is 12.1 Å². The molecule has 1 aromatic heterocycles. The van der Waals surface area contributed by atoms with Gasteiger partial charge in [0, 0.05) is 11.5 Å². The van der Waals surface area contributed by atoms with Gasteiger partial charge in [-0.25, -0.2) is 0 Å². The van der Waals surface area contributed by atoms with Crippen molar-refractivity contribution >= 4 is 10.9 Å². The maximum atomic E-state index is 11.4. The van der Waals surface area contributed by atoms with E-state index in [4.69, 9.17) is 0 Å². The molecule has 0 unspecified atom stereocenters. The summed E-state index contributed by atoms with van der Waals surface area (Å²) in [7, 11) is 0. The Labute approximate surface area is 96.5 Å². The molecule has 1 aliphatic rings. The van der Waals surface area contributed by atoms with Crippen LogP contribution in [0, 0.1) is 0 Å².